The van der Waals surface area contributed by atoms with Crippen molar-refractivity contribution in [3.8, 4) is 5.69 Å². The lowest BCUT2D eigenvalue weighted by atomic mass is 10.1. The summed E-state index contributed by atoms with van der Waals surface area (Å²) < 4.78 is 6.58. The molecule has 22 heavy (non-hydrogen) atoms. The largest absolute Gasteiger partial charge is 0.479 e. The van der Waals surface area contributed by atoms with Gasteiger partial charge in [0.2, 0.25) is 0 Å². The predicted molar refractivity (Wildman–Crippen MR) is 72.4 cm³/mol. The zero-order valence-electron chi connectivity index (χ0n) is 11.5. The molecule has 1 amide bonds. The molecule has 1 aromatic heterocycles. The van der Waals surface area contributed by atoms with Crippen LogP contribution >= 0.6 is 0 Å². The number of nitrogens with zero attached hydrogens (tertiary/aromatic N) is 5. The van der Waals surface area contributed by atoms with Crippen molar-refractivity contribution in [1.82, 2.24) is 25.1 Å². The lowest BCUT2D eigenvalue weighted by Gasteiger charge is -2.30. The minimum atomic E-state index is -1.06. The highest BCUT2D eigenvalue weighted by atomic mass is 16.5. The molecule has 0 aliphatic carbocycles. The van der Waals surface area contributed by atoms with E-state index in [-0.39, 0.29) is 19.1 Å². The Morgan fingerprint density at radius 1 is 1.27 bits per heavy atom. The first-order valence-electron chi connectivity index (χ1n) is 6.62. The van der Waals surface area contributed by atoms with Gasteiger partial charge >= 0.3 is 5.97 Å². The number of carbonyl (C=O) groups is 2. The van der Waals surface area contributed by atoms with Gasteiger partial charge in [-0.1, -0.05) is 0 Å². The third-order valence-corrected chi connectivity index (χ3v) is 3.36. The van der Waals surface area contributed by atoms with Gasteiger partial charge in [-0.3, -0.25) is 4.79 Å². The molecule has 1 N–H and O–H groups in total. The smallest absolute Gasteiger partial charge is 0.334 e. The summed E-state index contributed by atoms with van der Waals surface area (Å²) in [5.41, 5.74) is 1.20. The summed E-state index contributed by atoms with van der Waals surface area (Å²) in [7, 11) is 0. The number of hydrogen-bond acceptors (Lipinski definition) is 6. The SMILES string of the molecule is O=C(O)[C@H]1CN(C(=O)c2ccc(-n3cnnn3)cc2)CCO1. The van der Waals surface area contributed by atoms with E-state index in [1.165, 1.54) is 15.9 Å². The van der Waals surface area contributed by atoms with E-state index in [4.69, 9.17) is 9.84 Å². The van der Waals surface area contributed by atoms with Gasteiger partial charge in [-0.25, -0.2) is 9.48 Å². The maximum absolute atomic E-state index is 12.4. The Morgan fingerprint density at radius 2 is 2.05 bits per heavy atom. The number of rotatable bonds is 3. The fraction of sp³-hybridized carbons (Fsp3) is 0.308. The summed E-state index contributed by atoms with van der Waals surface area (Å²) in [4.78, 5) is 24.8. The monoisotopic (exact) mass is 303 g/mol. The zero-order chi connectivity index (χ0) is 15.5. The van der Waals surface area contributed by atoms with E-state index in [1.54, 1.807) is 24.3 Å². The highest BCUT2D eigenvalue weighted by Gasteiger charge is 2.29. The molecule has 2 heterocycles. The highest BCUT2D eigenvalue weighted by molar-refractivity contribution is 5.94. The fourth-order valence-electron chi connectivity index (χ4n) is 2.20. The summed E-state index contributed by atoms with van der Waals surface area (Å²) in [5, 5.41) is 19.8. The van der Waals surface area contributed by atoms with E-state index in [2.05, 4.69) is 15.5 Å². The lowest BCUT2D eigenvalue weighted by Crippen LogP contribution is -2.48. The molecular weight excluding hydrogens is 290 g/mol. The number of ether oxygens (including phenoxy) is 1. The Hall–Kier alpha value is -2.81. The van der Waals surface area contributed by atoms with Crippen LogP contribution < -0.4 is 0 Å². The van der Waals surface area contributed by atoms with E-state index in [9.17, 15) is 9.59 Å². The van der Waals surface area contributed by atoms with Gasteiger partial charge in [-0.05, 0) is 34.7 Å². The van der Waals surface area contributed by atoms with Crippen LogP contribution in [0.2, 0.25) is 0 Å². The second-order valence-corrected chi connectivity index (χ2v) is 4.75. The number of aliphatic carboxylic acids is 1. The van der Waals surface area contributed by atoms with Crippen molar-refractivity contribution in [3.63, 3.8) is 0 Å². The van der Waals surface area contributed by atoms with Crippen LogP contribution in [0.3, 0.4) is 0 Å². The summed E-state index contributed by atoms with van der Waals surface area (Å²) in [5.74, 6) is -1.29. The van der Waals surface area contributed by atoms with Crippen LogP contribution in [0, 0.1) is 0 Å². The average molecular weight is 303 g/mol. The van der Waals surface area contributed by atoms with E-state index in [0.717, 1.165) is 5.69 Å². The van der Waals surface area contributed by atoms with Gasteiger partial charge in [-0.2, -0.15) is 0 Å². The molecular formula is C13H13N5O4. The molecule has 1 aliphatic rings. The molecule has 0 unspecified atom stereocenters. The van der Waals surface area contributed by atoms with Gasteiger partial charge in [0.15, 0.2) is 6.10 Å². The van der Waals surface area contributed by atoms with Gasteiger partial charge < -0.3 is 14.7 Å². The first-order chi connectivity index (χ1) is 10.6. The van der Waals surface area contributed by atoms with Crippen LogP contribution in [0.5, 0.6) is 0 Å². The predicted octanol–water partition coefficient (Wildman–Crippen LogP) is -0.412. The molecule has 0 spiro atoms. The summed E-state index contributed by atoms with van der Waals surface area (Å²) >= 11 is 0. The van der Waals surface area contributed by atoms with Gasteiger partial charge in [-0.15, -0.1) is 5.10 Å². The van der Waals surface area contributed by atoms with Crippen LogP contribution in [0.4, 0.5) is 0 Å². The molecule has 9 nitrogen and oxygen atoms in total. The van der Waals surface area contributed by atoms with Gasteiger partial charge in [0, 0.05) is 12.1 Å². The van der Waals surface area contributed by atoms with Crippen LogP contribution in [0.25, 0.3) is 5.69 Å². The topological polar surface area (TPSA) is 110 Å². The third kappa shape index (κ3) is 2.79. The van der Waals surface area contributed by atoms with Crippen molar-refractivity contribution in [2.75, 3.05) is 19.7 Å². The van der Waals surface area contributed by atoms with Crippen LogP contribution in [0.1, 0.15) is 10.4 Å². The maximum Gasteiger partial charge on any atom is 0.334 e. The molecule has 114 valence electrons. The molecule has 1 aromatic carbocycles. The molecule has 9 heteroatoms. The van der Waals surface area contributed by atoms with Crippen molar-refractivity contribution >= 4 is 11.9 Å². The average Bonchev–Trinajstić information content (AvgIpc) is 3.09. The maximum atomic E-state index is 12.4. The standard InChI is InChI=1S/C13H13N5O4/c19-12(17-5-6-22-11(7-17)13(20)21)9-1-3-10(4-2-9)18-8-14-15-16-18/h1-4,8,11H,5-7H2,(H,20,21)/t11-/m1/s1. The van der Waals surface area contributed by atoms with Crippen LogP contribution in [-0.4, -0.2) is 67.9 Å². The Bertz CT molecular complexity index is 670. The number of tetrazole rings is 1. The Kier molecular flexibility index (Phi) is 3.79. The second kappa shape index (κ2) is 5.90. The first-order valence-corrected chi connectivity index (χ1v) is 6.62. The molecule has 0 bridgehead atoms. The minimum Gasteiger partial charge on any atom is -0.479 e. The lowest BCUT2D eigenvalue weighted by molar-refractivity contribution is -0.154. The summed E-state index contributed by atoms with van der Waals surface area (Å²) in [6.07, 6.45) is 0.481. The van der Waals surface area contributed by atoms with Crippen LogP contribution in [0.15, 0.2) is 30.6 Å². The molecule has 0 radical (unpaired) electrons. The van der Waals surface area contributed by atoms with Crippen molar-refractivity contribution in [3.05, 3.63) is 36.2 Å². The Morgan fingerprint density at radius 3 is 2.68 bits per heavy atom. The normalized spacial score (nSPS) is 18.2. The van der Waals surface area contributed by atoms with E-state index in [1.807, 2.05) is 0 Å². The molecule has 3 rings (SSSR count). The molecule has 0 saturated carbocycles. The molecule has 1 saturated heterocycles. The molecule has 1 fully saturated rings. The van der Waals surface area contributed by atoms with Crippen molar-refractivity contribution in [2.45, 2.75) is 6.10 Å². The number of carboxylic acids is 1. The van der Waals surface area contributed by atoms with Crippen molar-refractivity contribution in [2.24, 2.45) is 0 Å². The fourth-order valence-corrected chi connectivity index (χ4v) is 2.20. The highest BCUT2D eigenvalue weighted by Crippen LogP contribution is 2.13. The molecule has 1 atom stereocenters. The van der Waals surface area contributed by atoms with E-state index < -0.39 is 12.1 Å². The number of amides is 1. The second-order valence-electron chi connectivity index (χ2n) is 4.75. The number of hydrogen-bond donors (Lipinski definition) is 1. The Balaban J connectivity index is 1.73. The van der Waals surface area contributed by atoms with Gasteiger partial charge in [0.1, 0.15) is 6.33 Å². The van der Waals surface area contributed by atoms with Gasteiger partial charge in [0.25, 0.3) is 5.91 Å². The minimum absolute atomic E-state index is 0.0446. The Labute approximate surface area is 125 Å². The third-order valence-electron chi connectivity index (χ3n) is 3.36. The van der Waals surface area contributed by atoms with E-state index >= 15 is 0 Å². The number of morpholine rings is 1. The van der Waals surface area contributed by atoms with E-state index in [0.29, 0.717) is 12.1 Å². The first kappa shape index (κ1) is 14.1. The number of carboxylic acid groups (broad SMARTS) is 1. The number of carbonyl (C=O) groups excluding carboxylic acids is 1. The zero-order valence-corrected chi connectivity index (χ0v) is 11.5. The van der Waals surface area contributed by atoms with Crippen molar-refractivity contribution < 1.29 is 19.4 Å². The van der Waals surface area contributed by atoms with Gasteiger partial charge in [0.05, 0.1) is 18.8 Å². The summed E-state index contributed by atoms with van der Waals surface area (Å²) in [6.45, 7) is 0.631. The van der Waals surface area contributed by atoms with Crippen molar-refractivity contribution in [1.29, 1.82) is 0 Å². The molecule has 1 aliphatic heterocycles. The summed E-state index contributed by atoms with van der Waals surface area (Å²) in [6, 6.07) is 6.76. The number of aromatic nitrogens is 4. The quantitative estimate of drug-likeness (QED) is 0.820. The van der Waals surface area contributed by atoms with Crippen LogP contribution in [-0.2, 0) is 9.53 Å². The number of benzene rings is 1. The molecule has 2 aromatic rings.